The maximum Gasteiger partial charge on any atom is 0.181 e. The fourth-order valence-corrected chi connectivity index (χ4v) is 2.40. The molecule has 0 saturated heterocycles. The second-order valence-electron chi connectivity index (χ2n) is 4.22. The predicted octanol–water partition coefficient (Wildman–Crippen LogP) is 1.95. The number of hydrogen-bond acceptors (Lipinski definition) is 2. The normalized spacial score (nSPS) is 18.9. The Balaban J connectivity index is 2.10. The summed E-state index contributed by atoms with van der Waals surface area (Å²) in [4.78, 5) is 10.9. The van der Waals surface area contributed by atoms with E-state index < -0.39 is 0 Å². The van der Waals surface area contributed by atoms with E-state index in [1.165, 1.54) is 19.3 Å². The first kappa shape index (κ1) is 9.84. The maximum atomic E-state index is 10.9. The van der Waals surface area contributed by atoms with Gasteiger partial charge in [-0.25, -0.2) is 0 Å². The fourth-order valence-electron chi connectivity index (χ4n) is 1.98. The SMILES string of the molecule is O=c1ccn(CC2(CS)CCC2)cc1. The lowest BCUT2D eigenvalue weighted by molar-refractivity contribution is 0.139. The minimum Gasteiger partial charge on any atom is -0.353 e. The van der Waals surface area contributed by atoms with E-state index in [9.17, 15) is 4.79 Å². The molecule has 3 heteroatoms. The Morgan fingerprint density at radius 2 is 2.00 bits per heavy atom. The summed E-state index contributed by atoms with van der Waals surface area (Å²) >= 11 is 4.41. The molecule has 0 radical (unpaired) electrons. The summed E-state index contributed by atoms with van der Waals surface area (Å²) in [5.74, 6) is 0.944. The van der Waals surface area contributed by atoms with Crippen LogP contribution in [0.15, 0.2) is 29.3 Å². The van der Waals surface area contributed by atoms with Gasteiger partial charge in [0.15, 0.2) is 5.43 Å². The van der Waals surface area contributed by atoms with Gasteiger partial charge in [0.1, 0.15) is 0 Å². The third-order valence-corrected chi connectivity index (χ3v) is 3.80. The van der Waals surface area contributed by atoms with Gasteiger partial charge in [0.25, 0.3) is 0 Å². The molecule has 0 atom stereocenters. The molecule has 1 aliphatic rings. The second kappa shape index (κ2) is 3.81. The van der Waals surface area contributed by atoms with Crippen LogP contribution in [0.1, 0.15) is 19.3 Å². The van der Waals surface area contributed by atoms with Crippen molar-refractivity contribution in [2.75, 3.05) is 5.75 Å². The summed E-state index contributed by atoms with van der Waals surface area (Å²) in [5, 5.41) is 0. The van der Waals surface area contributed by atoms with Gasteiger partial charge >= 0.3 is 0 Å². The monoisotopic (exact) mass is 209 g/mol. The van der Waals surface area contributed by atoms with Gasteiger partial charge in [-0.05, 0) is 24.0 Å². The van der Waals surface area contributed by atoms with Gasteiger partial charge in [-0.15, -0.1) is 0 Å². The Morgan fingerprint density at radius 1 is 1.36 bits per heavy atom. The first-order chi connectivity index (χ1) is 6.74. The highest BCUT2D eigenvalue weighted by atomic mass is 32.1. The lowest BCUT2D eigenvalue weighted by Crippen LogP contribution is -2.35. The van der Waals surface area contributed by atoms with Crippen LogP contribution in [0.25, 0.3) is 0 Å². The number of aromatic nitrogens is 1. The van der Waals surface area contributed by atoms with Gasteiger partial charge < -0.3 is 4.57 Å². The van der Waals surface area contributed by atoms with Crippen molar-refractivity contribution in [1.82, 2.24) is 4.57 Å². The van der Waals surface area contributed by atoms with Crippen LogP contribution in [0.4, 0.5) is 0 Å². The Hall–Kier alpha value is -0.700. The molecule has 2 rings (SSSR count). The molecular formula is C11H15NOS. The fraction of sp³-hybridized carbons (Fsp3) is 0.545. The topological polar surface area (TPSA) is 22.0 Å². The van der Waals surface area contributed by atoms with Crippen LogP contribution in [-0.4, -0.2) is 10.3 Å². The molecule has 1 saturated carbocycles. The van der Waals surface area contributed by atoms with E-state index in [2.05, 4.69) is 17.2 Å². The third kappa shape index (κ3) is 1.87. The molecule has 1 aliphatic carbocycles. The van der Waals surface area contributed by atoms with Crippen molar-refractivity contribution >= 4 is 12.6 Å². The molecule has 0 aromatic carbocycles. The van der Waals surface area contributed by atoms with Crippen molar-refractivity contribution in [3.05, 3.63) is 34.7 Å². The zero-order valence-corrected chi connectivity index (χ0v) is 9.04. The average molecular weight is 209 g/mol. The Bertz CT molecular complexity index is 342. The number of rotatable bonds is 3. The first-order valence-electron chi connectivity index (χ1n) is 5.01. The second-order valence-corrected chi connectivity index (χ2v) is 4.53. The summed E-state index contributed by atoms with van der Waals surface area (Å²) in [7, 11) is 0. The molecule has 0 bridgehead atoms. The highest BCUT2D eigenvalue weighted by Gasteiger charge is 2.35. The highest BCUT2D eigenvalue weighted by molar-refractivity contribution is 7.80. The van der Waals surface area contributed by atoms with Crippen molar-refractivity contribution in [3.8, 4) is 0 Å². The molecule has 2 nitrogen and oxygen atoms in total. The van der Waals surface area contributed by atoms with Crippen molar-refractivity contribution < 1.29 is 0 Å². The molecule has 0 spiro atoms. The lowest BCUT2D eigenvalue weighted by Gasteiger charge is -2.41. The predicted molar refractivity (Wildman–Crippen MR) is 60.8 cm³/mol. The molecule has 1 aromatic heterocycles. The highest BCUT2D eigenvalue weighted by Crippen LogP contribution is 2.43. The van der Waals surface area contributed by atoms with E-state index in [0.29, 0.717) is 5.41 Å². The van der Waals surface area contributed by atoms with Gasteiger partial charge in [0.05, 0.1) is 0 Å². The largest absolute Gasteiger partial charge is 0.353 e. The minimum absolute atomic E-state index is 0.0785. The van der Waals surface area contributed by atoms with Gasteiger partial charge in [-0.3, -0.25) is 4.79 Å². The minimum atomic E-state index is 0.0785. The average Bonchev–Trinajstić information content (AvgIpc) is 2.15. The number of thiol groups is 1. The van der Waals surface area contributed by atoms with Gasteiger partial charge in [-0.2, -0.15) is 12.6 Å². The molecular weight excluding hydrogens is 194 g/mol. The van der Waals surface area contributed by atoms with Crippen LogP contribution in [0.5, 0.6) is 0 Å². The summed E-state index contributed by atoms with van der Waals surface area (Å²) < 4.78 is 2.09. The van der Waals surface area contributed by atoms with E-state index in [1.807, 2.05) is 12.4 Å². The molecule has 0 N–H and O–H groups in total. The maximum absolute atomic E-state index is 10.9. The summed E-state index contributed by atoms with van der Waals surface area (Å²) in [6.07, 6.45) is 7.59. The Labute approximate surface area is 89.4 Å². The van der Waals surface area contributed by atoms with E-state index >= 15 is 0 Å². The van der Waals surface area contributed by atoms with E-state index in [-0.39, 0.29) is 5.43 Å². The van der Waals surface area contributed by atoms with Crippen LogP contribution in [-0.2, 0) is 6.54 Å². The van der Waals surface area contributed by atoms with Crippen molar-refractivity contribution in [1.29, 1.82) is 0 Å². The Kier molecular flexibility index (Phi) is 2.68. The number of nitrogens with zero attached hydrogens (tertiary/aromatic N) is 1. The van der Waals surface area contributed by atoms with E-state index in [0.717, 1.165) is 12.3 Å². The molecule has 0 aliphatic heterocycles. The summed E-state index contributed by atoms with van der Waals surface area (Å²) in [6, 6.07) is 3.23. The van der Waals surface area contributed by atoms with Crippen molar-refractivity contribution in [2.24, 2.45) is 5.41 Å². The molecule has 76 valence electrons. The number of pyridine rings is 1. The molecule has 1 aromatic rings. The quantitative estimate of drug-likeness (QED) is 0.755. The van der Waals surface area contributed by atoms with Crippen LogP contribution in [0, 0.1) is 5.41 Å². The molecule has 1 heterocycles. The van der Waals surface area contributed by atoms with Gasteiger partial charge in [-0.1, -0.05) is 6.42 Å². The van der Waals surface area contributed by atoms with Crippen LogP contribution in [0.3, 0.4) is 0 Å². The molecule has 0 unspecified atom stereocenters. The van der Waals surface area contributed by atoms with E-state index in [4.69, 9.17) is 0 Å². The first-order valence-corrected chi connectivity index (χ1v) is 5.64. The summed E-state index contributed by atoms with van der Waals surface area (Å²) in [6.45, 7) is 0.997. The van der Waals surface area contributed by atoms with Crippen LogP contribution < -0.4 is 5.43 Å². The zero-order chi connectivity index (χ0) is 10.0. The van der Waals surface area contributed by atoms with E-state index in [1.54, 1.807) is 12.1 Å². The molecule has 14 heavy (non-hydrogen) atoms. The standard InChI is InChI=1S/C11H15NOS/c13-10-2-6-12(7-3-10)8-11(9-14)4-1-5-11/h2-3,6-7,14H,1,4-5,8-9H2. The smallest absolute Gasteiger partial charge is 0.181 e. The van der Waals surface area contributed by atoms with Gasteiger partial charge in [0.2, 0.25) is 0 Å². The molecule has 0 amide bonds. The zero-order valence-electron chi connectivity index (χ0n) is 8.15. The third-order valence-electron chi connectivity index (χ3n) is 3.13. The number of hydrogen-bond donors (Lipinski definition) is 1. The van der Waals surface area contributed by atoms with Crippen molar-refractivity contribution in [3.63, 3.8) is 0 Å². The lowest BCUT2D eigenvalue weighted by atomic mass is 9.70. The molecule has 1 fully saturated rings. The van der Waals surface area contributed by atoms with Gasteiger partial charge in [0, 0.05) is 31.1 Å². The Morgan fingerprint density at radius 3 is 2.43 bits per heavy atom. The summed E-state index contributed by atoms with van der Waals surface area (Å²) in [5.41, 5.74) is 0.466. The van der Waals surface area contributed by atoms with Crippen LogP contribution >= 0.6 is 12.6 Å². The van der Waals surface area contributed by atoms with Crippen LogP contribution in [0.2, 0.25) is 0 Å². The van der Waals surface area contributed by atoms with Crippen molar-refractivity contribution in [2.45, 2.75) is 25.8 Å².